The van der Waals surface area contributed by atoms with E-state index in [1.54, 1.807) is 25.2 Å². The monoisotopic (exact) mass is 465 g/mol. The summed E-state index contributed by atoms with van der Waals surface area (Å²) in [5.41, 5.74) is 6.06. The number of allylic oxidation sites excluding steroid dienone is 3. The average Bonchev–Trinajstić information content (AvgIpc) is 2.87. The summed E-state index contributed by atoms with van der Waals surface area (Å²) in [4.78, 5) is 15.2. The molecule has 4 heteroatoms. The Kier molecular flexibility index (Phi) is 7.51. The lowest BCUT2D eigenvalue weighted by Crippen LogP contribution is -2.29. The Morgan fingerprint density at radius 2 is 1.40 bits per heavy atom. The smallest absolute Gasteiger partial charge is 0.255 e. The molecule has 0 aliphatic carbocycles. The molecule has 0 saturated carbocycles. The van der Waals surface area contributed by atoms with Crippen molar-refractivity contribution in [2.24, 2.45) is 0 Å². The fraction of sp³-hybridized carbons (Fsp3) is 0.194. The fourth-order valence-corrected chi connectivity index (χ4v) is 4.21. The van der Waals surface area contributed by atoms with Gasteiger partial charge in [-0.3, -0.25) is 9.69 Å². The molecule has 0 bridgehead atoms. The second kappa shape index (κ2) is 10.9. The van der Waals surface area contributed by atoms with Crippen molar-refractivity contribution >= 4 is 17.7 Å². The van der Waals surface area contributed by atoms with E-state index < -0.39 is 0 Å². The summed E-state index contributed by atoms with van der Waals surface area (Å²) in [6.45, 7) is 4.07. The quantitative estimate of drug-likeness (QED) is 0.391. The van der Waals surface area contributed by atoms with Crippen LogP contribution in [-0.4, -0.2) is 20.1 Å². The van der Waals surface area contributed by atoms with Crippen LogP contribution in [0.15, 0.2) is 102 Å². The molecule has 178 valence electrons. The molecule has 0 radical (unpaired) electrons. The van der Waals surface area contributed by atoms with E-state index >= 15 is 0 Å². The van der Waals surface area contributed by atoms with E-state index in [0.717, 1.165) is 46.0 Å². The number of aryl methyl sites for hydroxylation is 1. The normalized spacial score (nSPS) is 19.4. The Morgan fingerprint density at radius 3 is 2.00 bits per heavy atom. The van der Waals surface area contributed by atoms with E-state index in [1.165, 1.54) is 5.56 Å². The van der Waals surface area contributed by atoms with Gasteiger partial charge in [-0.1, -0.05) is 59.7 Å². The maximum Gasteiger partial charge on any atom is 0.255 e. The van der Waals surface area contributed by atoms with Crippen molar-refractivity contribution in [2.45, 2.75) is 26.2 Å². The van der Waals surface area contributed by atoms with Gasteiger partial charge in [0.2, 0.25) is 0 Å². The highest BCUT2D eigenvalue weighted by molar-refractivity contribution is 6.05. The molecule has 35 heavy (non-hydrogen) atoms. The number of anilines is 1. The summed E-state index contributed by atoms with van der Waals surface area (Å²) in [5.74, 6) is 1.69. The Balaban J connectivity index is 1.80. The van der Waals surface area contributed by atoms with Crippen LogP contribution in [0.2, 0.25) is 0 Å². The molecule has 0 fully saturated rings. The highest BCUT2D eigenvalue weighted by atomic mass is 16.5. The van der Waals surface area contributed by atoms with Gasteiger partial charge in [-0.05, 0) is 73.9 Å². The SMILES string of the molecule is COc1ccc(/C=C/C2=C/C(c3ccc(OC)cc3)C/C(C)=C\C(=O)N2c2ccc(C)cc2)cc1. The maximum atomic E-state index is 13.4. The van der Waals surface area contributed by atoms with Gasteiger partial charge in [0.15, 0.2) is 0 Å². The van der Waals surface area contributed by atoms with E-state index in [2.05, 4.69) is 18.2 Å². The number of carbonyl (C=O) groups excluding carboxylic acids is 1. The predicted octanol–water partition coefficient (Wildman–Crippen LogP) is 7.08. The first-order valence-corrected chi connectivity index (χ1v) is 11.7. The lowest BCUT2D eigenvalue weighted by atomic mass is 9.89. The Labute approximate surface area is 207 Å². The van der Waals surface area contributed by atoms with Crippen LogP contribution in [0, 0.1) is 6.92 Å². The number of methoxy groups -OCH3 is 2. The van der Waals surface area contributed by atoms with E-state index in [9.17, 15) is 4.79 Å². The van der Waals surface area contributed by atoms with Gasteiger partial charge in [0.05, 0.1) is 14.2 Å². The zero-order chi connectivity index (χ0) is 24.8. The van der Waals surface area contributed by atoms with Crippen molar-refractivity contribution in [1.82, 2.24) is 0 Å². The summed E-state index contributed by atoms with van der Waals surface area (Å²) in [6.07, 6.45) is 8.76. The van der Waals surface area contributed by atoms with E-state index in [-0.39, 0.29) is 11.8 Å². The van der Waals surface area contributed by atoms with Gasteiger partial charge in [0.25, 0.3) is 5.91 Å². The van der Waals surface area contributed by atoms with Gasteiger partial charge >= 0.3 is 0 Å². The zero-order valence-electron chi connectivity index (χ0n) is 20.7. The van der Waals surface area contributed by atoms with Crippen LogP contribution in [0.25, 0.3) is 6.08 Å². The van der Waals surface area contributed by atoms with Crippen LogP contribution in [0.1, 0.15) is 36.0 Å². The average molecular weight is 466 g/mol. The lowest BCUT2D eigenvalue weighted by molar-refractivity contribution is -0.113. The summed E-state index contributed by atoms with van der Waals surface area (Å²) in [5, 5.41) is 0. The van der Waals surface area contributed by atoms with Crippen molar-refractivity contribution in [3.63, 3.8) is 0 Å². The number of ether oxygens (including phenoxy) is 2. The minimum Gasteiger partial charge on any atom is -0.497 e. The minimum absolute atomic E-state index is 0.0508. The third-order valence-electron chi connectivity index (χ3n) is 6.16. The molecule has 0 aromatic heterocycles. The molecule has 1 heterocycles. The van der Waals surface area contributed by atoms with Gasteiger partial charge in [0.1, 0.15) is 11.5 Å². The first-order chi connectivity index (χ1) is 17.0. The highest BCUT2D eigenvalue weighted by Gasteiger charge is 2.23. The highest BCUT2D eigenvalue weighted by Crippen LogP contribution is 2.33. The van der Waals surface area contributed by atoms with Crippen LogP contribution < -0.4 is 14.4 Å². The largest absolute Gasteiger partial charge is 0.497 e. The number of carbonyl (C=O) groups is 1. The Hall–Kier alpha value is -4.05. The summed E-state index contributed by atoms with van der Waals surface area (Å²) < 4.78 is 10.6. The van der Waals surface area contributed by atoms with Crippen molar-refractivity contribution in [3.8, 4) is 11.5 Å². The number of hydrogen-bond acceptors (Lipinski definition) is 3. The standard InChI is InChI=1S/C31H31NO3/c1-22-5-12-27(13-6-22)32-28(14-7-24-8-15-29(34-3)16-9-24)21-26(19-23(2)20-31(32)33)25-10-17-30(35-4)18-11-25/h5-18,20-21,26H,19H2,1-4H3/b14-7+,23-20-,28-21-. The third kappa shape index (κ3) is 5.90. The Morgan fingerprint density at radius 1 is 0.800 bits per heavy atom. The number of hydrogen-bond donors (Lipinski definition) is 0. The van der Waals surface area contributed by atoms with Crippen molar-refractivity contribution < 1.29 is 14.3 Å². The van der Waals surface area contributed by atoms with Crippen LogP contribution in [0.4, 0.5) is 5.69 Å². The molecule has 1 aliphatic rings. The molecule has 3 aromatic carbocycles. The number of benzene rings is 3. The Bertz CT molecular complexity index is 1250. The number of nitrogens with zero attached hydrogens (tertiary/aromatic N) is 1. The first kappa shape index (κ1) is 24.1. The maximum absolute atomic E-state index is 13.4. The molecule has 3 aromatic rings. The van der Waals surface area contributed by atoms with E-state index in [1.807, 2.05) is 86.7 Å². The van der Waals surface area contributed by atoms with Gasteiger partial charge in [-0.15, -0.1) is 0 Å². The summed E-state index contributed by atoms with van der Waals surface area (Å²) in [7, 11) is 3.33. The number of rotatable bonds is 6. The van der Waals surface area contributed by atoms with Crippen LogP contribution in [0.5, 0.6) is 11.5 Å². The van der Waals surface area contributed by atoms with Gasteiger partial charge in [-0.2, -0.15) is 0 Å². The van der Waals surface area contributed by atoms with Gasteiger partial charge in [-0.25, -0.2) is 0 Å². The van der Waals surface area contributed by atoms with Crippen LogP contribution in [-0.2, 0) is 4.79 Å². The molecule has 4 rings (SSSR count). The van der Waals surface area contributed by atoms with Gasteiger partial charge < -0.3 is 9.47 Å². The molecule has 0 N–H and O–H groups in total. The molecule has 1 amide bonds. The molecule has 4 nitrogen and oxygen atoms in total. The van der Waals surface area contributed by atoms with Crippen molar-refractivity contribution in [3.05, 3.63) is 119 Å². The first-order valence-electron chi connectivity index (χ1n) is 11.7. The minimum atomic E-state index is -0.0508. The third-order valence-corrected chi connectivity index (χ3v) is 6.16. The van der Waals surface area contributed by atoms with Gasteiger partial charge in [0, 0.05) is 23.4 Å². The second-order valence-electron chi connectivity index (χ2n) is 8.78. The van der Waals surface area contributed by atoms with E-state index in [4.69, 9.17) is 9.47 Å². The fourth-order valence-electron chi connectivity index (χ4n) is 4.21. The summed E-state index contributed by atoms with van der Waals surface area (Å²) >= 11 is 0. The molecule has 1 aliphatic heterocycles. The van der Waals surface area contributed by atoms with E-state index in [0.29, 0.717) is 0 Å². The van der Waals surface area contributed by atoms with Crippen LogP contribution >= 0.6 is 0 Å². The number of amides is 1. The molecular formula is C31H31NO3. The molecule has 1 unspecified atom stereocenters. The van der Waals surface area contributed by atoms with Crippen molar-refractivity contribution in [1.29, 1.82) is 0 Å². The molecule has 0 spiro atoms. The molecule has 0 saturated heterocycles. The second-order valence-corrected chi connectivity index (χ2v) is 8.78. The van der Waals surface area contributed by atoms with Crippen molar-refractivity contribution in [2.75, 3.05) is 19.1 Å². The predicted molar refractivity (Wildman–Crippen MR) is 143 cm³/mol. The zero-order valence-corrected chi connectivity index (χ0v) is 20.7. The lowest BCUT2D eigenvalue weighted by Gasteiger charge is -2.27. The molecule has 1 atom stereocenters. The summed E-state index contributed by atoms with van der Waals surface area (Å²) in [6, 6.07) is 24.1. The topological polar surface area (TPSA) is 38.8 Å². The van der Waals surface area contributed by atoms with Crippen LogP contribution in [0.3, 0.4) is 0 Å². The molecular weight excluding hydrogens is 434 g/mol.